The van der Waals surface area contributed by atoms with Crippen LogP contribution in [-0.4, -0.2) is 61.1 Å². The molecule has 1 heterocycles. The molecule has 0 radical (unpaired) electrons. The van der Waals surface area contributed by atoms with Gasteiger partial charge in [0.2, 0.25) is 0 Å². The number of rotatable bonds is 12. The molecule has 2 amide bonds. The van der Waals surface area contributed by atoms with E-state index in [0.717, 1.165) is 43.0 Å². The van der Waals surface area contributed by atoms with Crippen LogP contribution in [0.5, 0.6) is 0 Å². The summed E-state index contributed by atoms with van der Waals surface area (Å²) in [6.07, 6.45) is 9.61. The molecule has 2 fully saturated rings. The van der Waals surface area contributed by atoms with Gasteiger partial charge in [0.1, 0.15) is 11.4 Å². The summed E-state index contributed by atoms with van der Waals surface area (Å²) in [5.74, 6) is 0.230. The predicted octanol–water partition coefficient (Wildman–Crippen LogP) is 4.68. The van der Waals surface area contributed by atoms with E-state index in [1.54, 1.807) is 11.9 Å². The Labute approximate surface area is 234 Å². The maximum absolute atomic E-state index is 13.1. The summed E-state index contributed by atoms with van der Waals surface area (Å²) in [6.45, 7) is 21.0. The van der Waals surface area contributed by atoms with Gasteiger partial charge in [-0.2, -0.15) is 0 Å². The fourth-order valence-corrected chi connectivity index (χ4v) is 5.72. The van der Waals surface area contributed by atoms with Gasteiger partial charge in [-0.25, -0.2) is 9.79 Å². The second-order valence-electron chi connectivity index (χ2n) is 11.9. The molecule has 0 aromatic rings. The van der Waals surface area contributed by atoms with Crippen molar-refractivity contribution in [3.8, 4) is 0 Å². The quantitative estimate of drug-likeness (QED) is 0.162. The summed E-state index contributed by atoms with van der Waals surface area (Å²) < 4.78 is 5.71. The number of ether oxygens (including phenoxy) is 1. The number of likely N-dealkylation sites (tertiary alicyclic amines) is 1. The van der Waals surface area contributed by atoms with Crippen LogP contribution in [0, 0.1) is 22.2 Å². The number of carbonyl (C=O) groups excluding carboxylic acids is 2. The van der Waals surface area contributed by atoms with Crippen molar-refractivity contribution in [2.75, 3.05) is 20.1 Å². The lowest BCUT2D eigenvalue weighted by molar-refractivity contribution is -0.116. The van der Waals surface area contributed by atoms with Crippen molar-refractivity contribution in [3.05, 3.63) is 48.0 Å². The largest absolute Gasteiger partial charge is 0.444 e. The Bertz CT molecular complexity index is 1070. The van der Waals surface area contributed by atoms with Gasteiger partial charge in [-0.05, 0) is 68.9 Å². The van der Waals surface area contributed by atoms with Crippen LogP contribution < -0.4 is 16.4 Å². The number of nitrogens with one attached hydrogen (secondary N) is 3. The first-order valence-corrected chi connectivity index (χ1v) is 13.7. The Kier molecular flexibility index (Phi) is 10.3. The monoisotopic (exact) mass is 540 g/mol. The highest BCUT2D eigenvalue weighted by atomic mass is 16.6. The fraction of sp³-hybridized carbons (Fsp3) is 0.600. The molecule has 1 saturated carbocycles. The van der Waals surface area contributed by atoms with Crippen LogP contribution in [0.1, 0.15) is 67.2 Å². The minimum absolute atomic E-state index is 0.0421. The molecule has 9 heteroatoms. The third kappa shape index (κ3) is 7.40. The van der Waals surface area contributed by atoms with E-state index in [2.05, 4.69) is 55.6 Å². The van der Waals surface area contributed by atoms with Crippen molar-refractivity contribution in [2.45, 2.75) is 78.9 Å². The Morgan fingerprint density at radius 1 is 1.28 bits per heavy atom. The number of carbonyl (C=O) groups is 2. The van der Waals surface area contributed by atoms with E-state index in [1.165, 1.54) is 6.20 Å². The zero-order valence-electron chi connectivity index (χ0n) is 24.8. The van der Waals surface area contributed by atoms with Gasteiger partial charge in [0.05, 0.1) is 11.6 Å². The molecule has 1 aliphatic carbocycles. The van der Waals surface area contributed by atoms with Crippen LogP contribution in [0.3, 0.4) is 0 Å². The van der Waals surface area contributed by atoms with Crippen LogP contribution in [0.2, 0.25) is 0 Å². The number of nitrogens with two attached hydrogens (primary N) is 1. The first kappa shape index (κ1) is 31.9. The highest BCUT2D eigenvalue weighted by Gasteiger charge is 2.67. The van der Waals surface area contributed by atoms with Gasteiger partial charge in [0.15, 0.2) is 0 Å². The van der Waals surface area contributed by atoms with Gasteiger partial charge < -0.3 is 31.4 Å². The number of hydrogen-bond acceptors (Lipinski definition) is 7. The second-order valence-corrected chi connectivity index (χ2v) is 11.9. The molecule has 0 aromatic carbocycles. The molecule has 2 aliphatic rings. The maximum atomic E-state index is 13.1. The van der Waals surface area contributed by atoms with E-state index >= 15 is 0 Å². The molecule has 4 atom stereocenters. The maximum Gasteiger partial charge on any atom is 0.410 e. The van der Waals surface area contributed by atoms with Gasteiger partial charge in [0.25, 0.3) is 5.91 Å². The molecule has 9 nitrogen and oxygen atoms in total. The molecular formula is C30H48N6O3. The third-order valence-electron chi connectivity index (χ3n) is 8.27. The minimum atomic E-state index is -0.604. The van der Waals surface area contributed by atoms with Gasteiger partial charge in [-0.15, -0.1) is 0 Å². The molecule has 5 N–H and O–H groups in total. The number of aliphatic imine (C=N–C) groups is 1. The van der Waals surface area contributed by atoms with Crippen LogP contribution in [0.4, 0.5) is 4.79 Å². The Morgan fingerprint density at radius 3 is 2.49 bits per heavy atom. The first-order chi connectivity index (χ1) is 18.1. The van der Waals surface area contributed by atoms with Crippen LogP contribution in [-0.2, 0) is 9.53 Å². The van der Waals surface area contributed by atoms with Crippen LogP contribution in [0.25, 0.3) is 0 Å². The molecule has 0 spiro atoms. The molecule has 1 saturated heterocycles. The highest BCUT2D eigenvalue weighted by Crippen LogP contribution is 2.71. The molecule has 1 aliphatic heterocycles. The summed E-state index contributed by atoms with van der Waals surface area (Å²) >= 11 is 0. The molecule has 39 heavy (non-hydrogen) atoms. The summed E-state index contributed by atoms with van der Waals surface area (Å²) in [5.41, 5.74) is 6.88. The van der Waals surface area contributed by atoms with E-state index in [9.17, 15) is 9.59 Å². The average molecular weight is 541 g/mol. The van der Waals surface area contributed by atoms with Crippen molar-refractivity contribution in [1.82, 2.24) is 15.5 Å². The van der Waals surface area contributed by atoms with Crippen molar-refractivity contribution < 1.29 is 14.3 Å². The van der Waals surface area contributed by atoms with Gasteiger partial charge >= 0.3 is 6.09 Å². The second kappa shape index (κ2) is 12.7. The minimum Gasteiger partial charge on any atom is -0.444 e. The average Bonchev–Trinajstić information content (AvgIpc) is 3.15. The molecule has 0 aromatic heterocycles. The van der Waals surface area contributed by atoms with Crippen LogP contribution in [0.15, 0.2) is 53.0 Å². The Hall–Kier alpha value is -3.36. The standard InChI is InChI=1S/C30H48N6O3/c1-10-29(7)25(30(29,8)19-35-21(3)32)14-13-23(20(2)17-34-26(37)22(16-31)18-33-9)24-12-11-15-36(24)27(38)39-28(4,5)6/h13,16,18-19,24-25,31,33H,2-3,10-12,14-15,17,32H2,1,4-9H3,(H,34,37)/b22-18+,23-13+,31-16?,35-19-/t24-,25-,29?,30-/m0/s1. The third-order valence-corrected chi connectivity index (χ3v) is 8.27. The molecule has 2 rings (SSSR count). The molecular weight excluding hydrogens is 492 g/mol. The lowest BCUT2D eigenvalue weighted by atomic mass is 9.94. The first-order valence-electron chi connectivity index (χ1n) is 13.7. The van der Waals surface area contributed by atoms with Crippen molar-refractivity contribution >= 4 is 24.4 Å². The fourth-order valence-electron chi connectivity index (χ4n) is 5.72. The highest BCUT2D eigenvalue weighted by molar-refractivity contribution is 6.11. The van der Waals surface area contributed by atoms with E-state index in [4.69, 9.17) is 15.9 Å². The number of hydrogen-bond donors (Lipinski definition) is 4. The number of amides is 2. The zero-order valence-corrected chi connectivity index (χ0v) is 24.8. The summed E-state index contributed by atoms with van der Waals surface area (Å²) in [5, 5.41) is 13.2. The van der Waals surface area contributed by atoms with E-state index in [1.807, 2.05) is 27.0 Å². The molecule has 216 valence electrons. The lowest BCUT2D eigenvalue weighted by Crippen LogP contribution is -2.41. The van der Waals surface area contributed by atoms with Gasteiger partial charge in [0, 0.05) is 44.2 Å². The zero-order chi connectivity index (χ0) is 29.6. The van der Waals surface area contributed by atoms with E-state index in [-0.39, 0.29) is 46.8 Å². The number of allylic oxidation sites excluding steroid dienone is 1. The summed E-state index contributed by atoms with van der Waals surface area (Å²) in [4.78, 5) is 31.8. The SMILES string of the molecule is C=C(N)/N=C\[C@@]1(C)[C@@H](C/C=C(\C(=C)CNC(=O)/C(C=N)=C/NC)[C@@H]2CCCN2C(=O)OC(C)(C)C)C1(C)CC. The summed E-state index contributed by atoms with van der Waals surface area (Å²) in [6, 6.07) is -0.199. The predicted molar refractivity (Wildman–Crippen MR) is 159 cm³/mol. The van der Waals surface area contributed by atoms with Crippen molar-refractivity contribution in [1.29, 1.82) is 5.41 Å². The summed E-state index contributed by atoms with van der Waals surface area (Å²) in [7, 11) is 1.67. The van der Waals surface area contributed by atoms with Gasteiger partial charge in [-0.3, -0.25) is 4.79 Å². The van der Waals surface area contributed by atoms with E-state index < -0.39 is 5.60 Å². The Balaban J connectivity index is 2.37. The molecule has 0 bridgehead atoms. The lowest BCUT2D eigenvalue weighted by Gasteiger charge is -2.31. The molecule has 1 unspecified atom stereocenters. The Morgan fingerprint density at radius 2 is 1.95 bits per heavy atom. The number of nitrogens with zero attached hydrogens (tertiary/aromatic N) is 2. The normalized spacial score (nSPS) is 27.3. The van der Waals surface area contributed by atoms with Crippen molar-refractivity contribution in [2.24, 2.45) is 27.5 Å². The van der Waals surface area contributed by atoms with E-state index in [0.29, 0.717) is 12.5 Å². The topological polar surface area (TPSA) is 133 Å². The smallest absolute Gasteiger partial charge is 0.410 e. The van der Waals surface area contributed by atoms with Gasteiger partial charge in [-0.1, -0.05) is 40.0 Å². The van der Waals surface area contributed by atoms with Crippen LogP contribution >= 0.6 is 0 Å². The van der Waals surface area contributed by atoms with Crippen molar-refractivity contribution in [3.63, 3.8) is 0 Å².